The van der Waals surface area contributed by atoms with Crippen LogP contribution in [0.5, 0.6) is 0 Å². The van der Waals surface area contributed by atoms with Crippen molar-refractivity contribution in [3.63, 3.8) is 0 Å². The predicted octanol–water partition coefficient (Wildman–Crippen LogP) is 2.71. The Morgan fingerprint density at radius 2 is 1.96 bits per heavy atom. The number of morpholine rings is 1. The summed E-state index contributed by atoms with van der Waals surface area (Å²) in [5.74, 6) is -0.217. The van der Waals surface area contributed by atoms with Crippen LogP contribution in [0.25, 0.3) is 0 Å². The minimum Gasteiger partial charge on any atom is -0.379 e. The molecule has 1 amide bonds. The van der Waals surface area contributed by atoms with Crippen LogP contribution >= 0.6 is 0 Å². The molecule has 146 valence electrons. The van der Waals surface area contributed by atoms with Crippen LogP contribution in [-0.4, -0.2) is 51.0 Å². The van der Waals surface area contributed by atoms with Crippen LogP contribution in [-0.2, 0) is 14.8 Å². The van der Waals surface area contributed by atoms with Crippen molar-refractivity contribution >= 4 is 15.9 Å². The lowest BCUT2D eigenvalue weighted by Gasteiger charge is -2.26. The summed E-state index contributed by atoms with van der Waals surface area (Å²) in [5.41, 5.74) is 1.19. The maximum absolute atomic E-state index is 12.8. The Labute approximate surface area is 157 Å². The molecule has 1 aliphatic rings. The van der Waals surface area contributed by atoms with Crippen LogP contribution in [0.15, 0.2) is 23.1 Å². The molecular formula is C19H30N2O4S. The second kappa shape index (κ2) is 9.48. The minimum absolute atomic E-state index is 0.0629. The molecule has 1 atom stereocenters. The summed E-state index contributed by atoms with van der Waals surface area (Å²) in [4.78, 5) is 12.8. The Morgan fingerprint density at radius 1 is 1.27 bits per heavy atom. The van der Waals surface area contributed by atoms with Gasteiger partial charge in [-0.3, -0.25) is 4.79 Å². The molecule has 0 spiro atoms. The van der Waals surface area contributed by atoms with Gasteiger partial charge in [-0.15, -0.1) is 0 Å². The molecule has 0 saturated carbocycles. The van der Waals surface area contributed by atoms with Gasteiger partial charge in [0.25, 0.3) is 5.91 Å². The van der Waals surface area contributed by atoms with Crippen molar-refractivity contribution in [1.29, 1.82) is 0 Å². The van der Waals surface area contributed by atoms with E-state index in [0.717, 1.165) is 31.2 Å². The van der Waals surface area contributed by atoms with Gasteiger partial charge in [-0.1, -0.05) is 32.3 Å². The largest absolute Gasteiger partial charge is 0.379 e. The first kappa shape index (κ1) is 20.9. The van der Waals surface area contributed by atoms with Gasteiger partial charge in [0.05, 0.1) is 18.1 Å². The molecular weight excluding hydrogens is 352 g/mol. The fourth-order valence-electron chi connectivity index (χ4n) is 3.02. The highest BCUT2D eigenvalue weighted by atomic mass is 32.2. The number of aryl methyl sites for hydroxylation is 1. The van der Waals surface area contributed by atoms with Gasteiger partial charge in [0.2, 0.25) is 10.0 Å². The molecule has 0 aliphatic carbocycles. The second-order valence-corrected chi connectivity index (χ2v) is 8.80. The van der Waals surface area contributed by atoms with Gasteiger partial charge >= 0.3 is 0 Å². The van der Waals surface area contributed by atoms with E-state index in [1.807, 2.05) is 13.8 Å². The number of amides is 1. The summed E-state index contributed by atoms with van der Waals surface area (Å²) in [6, 6.07) is 4.83. The Morgan fingerprint density at radius 3 is 2.62 bits per heavy atom. The monoisotopic (exact) mass is 382 g/mol. The van der Waals surface area contributed by atoms with Gasteiger partial charge in [-0.05, 0) is 38.0 Å². The van der Waals surface area contributed by atoms with Crippen molar-refractivity contribution in [2.24, 2.45) is 0 Å². The van der Waals surface area contributed by atoms with Crippen LogP contribution in [0, 0.1) is 6.92 Å². The summed E-state index contributed by atoms with van der Waals surface area (Å²) < 4.78 is 32.3. The summed E-state index contributed by atoms with van der Waals surface area (Å²) in [5, 5.41) is 2.99. The fraction of sp³-hybridized carbons (Fsp3) is 0.632. The van der Waals surface area contributed by atoms with E-state index in [2.05, 4.69) is 12.2 Å². The molecule has 1 heterocycles. The normalized spacial score (nSPS) is 17.0. The molecule has 0 unspecified atom stereocenters. The third-order valence-corrected chi connectivity index (χ3v) is 6.57. The second-order valence-electron chi connectivity index (χ2n) is 6.86. The SMILES string of the molecule is CCCCC[C@@H](C)NC(=O)c1cc(S(=O)(=O)N2CCOCC2)ccc1C. The van der Waals surface area contributed by atoms with Crippen molar-refractivity contribution in [3.05, 3.63) is 29.3 Å². The fourth-order valence-corrected chi connectivity index (χ4v) is 4.45. The third-order valence-electron chi connectivity index (χ3n) is 4.68. The zero-order chi connectivity index (χ0) is 19.2. The van der Waals surface area contributed by atoms with Crippen molar-refractivity contribution < 1.29 is 17.9 Å². The summed E-state index contributed by atoms with van der Waals surface area (Å²) >= 11 is 0. The van der Waals surface area contributed by atoms with Crippen LogP contribution in [0.3, 0.4) is 0 Å². The van der Waals surface area contributed by atoms with Crippen molar-refractivity contribution in [1.82, 2.24) is 9.62 Å². The lowest BCUT2D eigenvalue weighted by atomic mass is 10.1. The number of nitrogens with one attached hydrogen (secondary N) is 1. The molecule has 7 heteroatoms. The maximum atomic E-state index is 12.8. The smallest absolute Gasteiger partial charge is 0.251 e. The molecule has 1 aliphatic heterocycles. The molecule has 1 N–H and O–H groups in total. The Kier molecular flexibility index (Phi) is 7.61. The molecule has 0 aromatic heterocycles. The molecule has 1 aromatic rings. The first-order valence-electron chi connectivity index (χ1n) is 9.35. The zero-order valence-corrected chi connectivity index (χ0v) is 16.8. The van der Waals surface area contributed by atoms with Crippen molar-refractivity contribution in [2.45, 2.75) is 57.4 Å². The van der Waals surface area contributed by atoms with Gasteiger partial charge in [0, 0.05) is 24.7 Å². The number of sulfonamides is 1. The minimum atomic E-state index is -3.61. The van der Waals surface area contributed by atoms with Crippen molar-refractivity contribution in [3.8, 4) is 0 Å². The van der Waals surface area contributed by atoms with Gasteiger partial charge in [0.15, 0.2) is 0 Å². The van der Waals surface area contributed by atoms with Crippen LogP contribution in [0.1, 0.15) is 55.5 Å². The van der Waals surface area contributed by atoms with Gasteiger partial charge in [-0.25, -0.2) is 8.42 Å². The lowest BCUT2D eigenvalue weighted by molar-refractivity contribution is 0.0730. The topological polar surface area (TPSA) is 75.7 Å². The van der Waals surface area contributed by atoms with Gasteiger partial charge in [0.1, 0.15) is 0 Å². The van der Waals surface area contributed by atoms with E-state index in [-0.39, 0.29) is 16.8 Å². The van der Waals surface area contributed by atoms with Crippen LogP contribution in [0.2, 0.25) is 0 Å². The number of benzene rings is 1. The predicted molar refractivity (Wildman–Crippen MR) is 102 cm³/mol. The molecule has 0 radical (unpaired) electrons. The summed E-state index contributed by atoms with van der Waals surface area (Å²) in [6.07, 6.45) is 4.28. The Bertz CT molecular complexity index is 712. The maximum Gasteiger partial charge on any atom is 0.251 e. The molecule has 26 heavy (non-hydrogen) atoms. The highest BCUT2D eigenvalue weighted by Gasteiger charge is 2.27. The Balaban J connectivity index is 2.14. The van der Waals surface area contributed by atoms with E-state index in [1.165, 1.54) is 10.4 Å². The highest BCUT2D eigenvalue weighted by molar-refractivity contribution is 7.89. The number of unbranched alkanes of at least 4 members (excludes halogenated alkanes) is 2. The molecule has 0 bridgehead atoms. The standard InChI is InChI=1S/C19H30N2O4S/c1-4-5-6-7-16(3)20-19(22)18-14-17(9-8-15(18)2)26(23,24)21-10-12-25-13-11-21/h8-9,14,16H,4-7,10-13H2,1-3H3,(H,20,22)/t16-/m1/s1. The van der Waals surface area contributed by atoms with E-state index < -0.39 is 10.0 Å². The lowest BCUT2D eigenvalue weighted by Crippen LogP contribution is -2.40. The third kappa shape index (κ3) is 5.28. The average molecular weight is 383 g/mol. The Hall–Kier alpha value is -1.44. The van der Waals surface area contributed by atoms with Crippen molar-refractivity contribution in [2.75, 3.05) is 26.3 Å². The molecule has 6 nitrogen and oxygen atoms in total. The number of nitrogens with zero attached hydrogens (tertiary/aromatic N) is 1. The molecule has 1 fully saturated rings. The van der Waals surface area contributed by atoms with E-state index in [0.29, 0.717) is 31.9 Å². The number of ether oxygens (including phenoxy) is 1. The van der Waals surface area contributed by atoms with Crippen LogP contribution < -0.4 is 5.32 Å². The number of hydrogen-bond donors (Lipinski definition) is 1. The molecule has 1 saturated heterocycles. The van der Waals surface area contributed by atoms with Crippen LogP contribution in [0.4, 0.5) is 0 Å². The molecule has 2 rings (SSSR count). The van der Waals surface area contributed by atoms with E-state index >= 15 is 0 Å². The number of carbonyl (C=O) groups is 1. The van der Waals surface area contributed by atoms with E-state index in [4.69, 9.17) is 4.74 Å². The number of hydrogen-bond acceptors (Lipinski definition) is 4. The van der Waals surface area contributed by atoms with E-state index in [1.54, 1.807) is 12.1 Å². The number of rotatable bonds is 8. The average Bonchev–Trinajstić information content (AvgIpc) is 2.62. The van der Waals surface area contributed by atoms with Gasteiger partial charge < -0.3 is 10.1 Å². The summed E-state index contributed by atoms with van der Waals surface area (Å²) in [6.45, 7) is 7.42. The van der Waals surface area contributed by atoms with E-state index in [9.17, 15) is 13.2 Å². The highest BCUT2D eigenvalue weighted by Crippen LogP contribution is 2.21. The first-order chi connectivity index (χ1) is 12.4. The number of carbonyl (C=O) groups excluding carboxylic acids is 1. The summed E-state index contributed by atoms with van der Waals surface area (Å²) in [7, 11) is -3.61. The zero-order valence-electron chi connectivity index (χ0n) is 16.0. The molecule has 1 aromatic carbocycles. The quantitative estimate of drug-likeness (QED) is 0.702. The first-order valence-corrected chi connectivity index (χ1v) is 10.8. The van der Waals surface area contributed by atoms with Gasteiger partial charge in [-0.2, -0.15) is 4.31 Å².